The Morgan fingerprint density at radius 1 is 0.929 bits per heavy atom. The predicted octanol–water partition coefficient (Wildman–Crippen LogP) is 6.53. The fourth-order valence-corrected chi connectivity index (χ4v) is 4.70. The van der Waals surface area contributed by atoms with Gasteiger partial charge in [-0.1, -0.05) is 40.9 Å². The Kier molecular flexibility index (Phi) is 5.33. The zero-order valence-electron chi connectivity index (χ0n) is 15.7. The van der Waals surface area contributed by atoms with Crippen LogP contribution in [0.15, 0.2) is 66.7 Å². The molecule has 0 bridgehead atoms. The number of thioether (sulfide) groups is 1. The molecule has 3 nitrogen and oxygen atoms in total. The van der Waals surface area contributed by atoms with Crippen molar-refractivity contribution in [1.29, 1.82) is 0 Å². The van der Waals surface area contributed by atoms with Gasteiger partial charge in [0.05, 0.1) is 5.75 Å². The van der Waals surface area contributed by atoms with E-state index in [1.54, 1.807) is 23.9 Å². The van der Waals surface area contributed by atoms with Crippen LogP contribution in [-0.4, -0.2) is 11.7 Å². The summed E-state index contributed by atoms with van der Waals surface area (Å²) in [5.41, 5.74) is 4.46. The molecule has 1 heterocycles. The monoisotopic (exact) mass is 409 g/mol. The number of ether oxygens (including phenoxy) is 1. The summed E-state index contributed by atoms with van der Waals surface area (Å²) in [5, 5.41) is 0.666. The first-order valence-corrected chi connectivity index (χ1v) is 10.5. The average Bonchev–Trinajstić information content (AvgIpc) is 3.05. The number of carbonyl (C=O) groups excluding carboxylic acids is 1. The summed E-state index contributed by atoms with van der Waals surface area (Å²) in [5.74, 6) is 2.05. The average molecular weight is 410 g/mol. The van der Waals surface area contributed by atoms with Crippen LogP contribution >= 0.6 is 23.4 Å². The third-order valence-electron chi connectivity index (χ3n) is 4.56. The highest BCUT2D eigenvalue weighted by atomic mass is 35.5. The van der Waals surface area contributed by atoms with Gasteiger partial charge in [0.2, 0.25) is 5.91 Å². The molecule has 4 rings (SSSR count). The highest BCUT2D eigenvalue weighted by Gasteiger charge is 2.34. The van der Waals surface area contributed by atoms with E-state index >= 15 is 0 Å². The molecule has 0 spiro atoms. The molecule has 142 valence electrons. The molecule has 0 saturated carbocycles. The lowest BCUT2D eigenvalue weighted by molar-refractivity contribution is -0.115. The molecule has 1 fully saturated rings. The van der Waals surface area contributed by atoms with Crippen molar-refractivity contribution < 1.29 is 9.53 Å². The number of carbonyl (C=O) groups is 1. The van der Waals surface area contributed by atoms with Crippen molar-refractivity contribution in [2.45, 2.75) is 19.2 Å². The van der Waals surface area contributed by atoms with Gasteiger partial charge >= 0.3 is 0 Å². The molecule has 0 radical (unpaired) electrons. The van der Waals surface area contributed by atoms with E-state index in [9.17, 15) is 4.79 Å². The molecule has 1 unspecified atom stereocenters. The summed E-state index contributed by atoms with van der Waals surface area (Å²) in [6.45, 7) is 4.18. The van der Waals surface area contributed by atoms with E-state index in [1.807, 2.05) is 41.3 Å². The number of rotatable bonds is 4. The molecular formula is C23H20ClNO2S. The number of hydrogen-bond donors (Lipinski definition) is 0. The molecule has 1 aliphatic rings. The van der Waals surface area contributed by atoms with Crippen LogP contribution in [0, 0.1) is 13.8 Å². The van der Waals surface area contributed by atoms with Crippen LogP contribution in [0.1, 0.15) is 22.1 Å². The summed E-state index contributed by atoms with van der Waals surface area (Å²) in [7, 11) is 0. The van der Waals surface area contributed by atoms with Gasteiger partial charge in [-0.05, 0) is 67.9 Å². The van der Waals surface area contributed by atoms with E-state index in [-0.39, 0.29) is 11.3 Å². The smallest absolute Gasteiger partial charge is 0.238 e. The number of halogens is 1. The van der Waals surface area contributed by atoms with Crippen molar-refractivity contribution in [3.05, 3.63) is 88.4 Å². The topological polar surface area (TPSA) is 29.5 Å². The number of nitrogens with zero attached hydrogens (tertiary/aromatic N) is 1. The van der Waals surface area contributed by atoms with E-state index in [0.29, 0.717) is 16.5 Å². The maximum absolute atomic E-state index is 12.6. The summed E-state index contributed by atoms with van der Waals surface area (Å²) >= 11 is 7.58. The number of amides is 1. The normalized spacial score (nSPS) is 16.5. The molecule has 5 heteroatoms. The van der Waals surface area contributed by atoms with Crippen LogP contribution in [0.5, 0.6) is 11.5 Å². The summed E-state index contributed by atoms with van der Waals surface area (Å²) in [6.07, 6.45) is 0. The lowest BCUT2D eigenvalue weighted by Gasteiger charge is -2.25. The molecule has 28 heavy (non-hydrogen) atoms. The quantitative estimate of drug-likeness (QED) is 0.490. The summed E-state index contributed by atoms with van der Waals surface area (Å²) in [6, 6.07) is 21.4. The van der Waals surface area contributed by atoms with Gasteiger partial charge in [-0.2, -0.15) is 0 Å². The number of aryl methyl sites for hydroxylation is 2. The van der Waals surface area contributed by atoms with Gasteiger partial charge in [0.25, 0.3) is 0 Å². The second-order valence-corrected chi connectivity index (χ2v) is 8.40. The van der Waals surface area contributed by atoms with Crippen molar-refractivity contribution in [1.82, 2.24) is 0 Å². The van der Waals surface area contributed by atoms with Crippen molar-refractivity contribution >= 4 is 35.0 Å². The van der Waals surface area contributed by atoms with Gasteiger partial charge in [-0.25, -0.2) is 0 Å². The third-order valence-corrected chi connectivity index (χ3v) is 6.03. The fourth-order valence-electron chi connectivity index (χ4n) is 3.42. The summed E-state index contributed by atoms with van der Waals surface area (Å²) in [4.78, 5) is 14.5. The molecule has 3 aromatic rings. The first-order valence-electron chi connectivity index (χ1n) is 9.05. The largest absolute Gasteiger partial charge is 0.457 e. The van der Waals surface area contributed by atoms with Crippen LogP contribution in [-0.2, 0) is 4.79 Å². The molecule has 3 aromatic carbocycles. The van der Waals surface area contributed by atoms with Crippen molar-refractivity contribution in [3.8, 4) is 11.5 Å². The Hall–Kier alpha value is -2.43. The molecule has 0 aromatic heterocycles. The molecule has 1 saturated heterocycles. The van der Waals surface area contributed by atoms with E-state index < -0.39 is 0 Å². The molecule has 0 N–H and O–H groups in total. The number of hydrogen-bond acceptors (Lipinski definition) is 3. The number of anilines is 1. The first kappa shape index (κ1) is 18.9. The predicted molar refractivity (Wildman–Crippen MR) is 117 cm³/mol. The Bertz CT molecular complexity index is 982. The van der Waals surface area contributed by atoms with Gasteiger partial charge in [-0.15, -0.1) is 11.8 Å². The van der Waals surface area contributed by atoms with Gasteiger partial charge < -0.3 is 4.74 Å². The fraction of sp³-hybridized carbons (Fsp3) is 0.174. The molecular weight excluding hydrogens is 390 g/mol. The Morgan fingerprint density at radius 3 is 2.11 bits per heavy atom. The third kappa shape index (κ3) is 4.03. The second-order valence-electron chi connectivity index (χ2n) is 6.90. The summed E-state index contributed by atoms with van der Waals surface area (Å²) < 4.78 is 5.85. The minimum Gasteiger partial charge on any atom is -0.457 e. The van der Waals surface area contributed by atoms with Gasteiger partial charge in [0.15, 0.2) is 0 Å². The van der Waals surface area contributed by atoms with Crippen molar-refractivity contribution in [2.75, 3.05) is 10.7 Å². The number of benzene rings is 3. The van der Waals surface area contributed by atoms with Gasteiger partial charge in [0.1, 0.15) is 16.9 Å². The van der Waals surface area contributed by atoms with Crippen LogP contribution in [0.3, 0.4) is 0 Å². The van der Waals surface area contributed by atoms with Crippen molar-refractivity contribution in [3.63, 3.8) is 0 Å². The SMILES string of the molecule is Cc1cc(C)cc(C2SCC(=O)N2c2ccc(Oc3ccc(Cl)cc3)cc2)c1. The maximum Gasteiger partial charge on any atom is 0.238 e. The zero-order chi connectivity index (χ0) is 19.7. The van der Waals surface area contributed by atoms with Gasteiger partial charge in [-0.3, -0.25) is 9.69 Å². The van der Waals surface area contributed by atoms with Crippen LogP contribution in [0.2, 0.25) is 5.02 Å². The van der Waals surface area contributed by atoms with Crippen molar-refractivity contribution in [2.24, 2.45) is 0 Å². The molecule has 1 atom stereocenters. The standard InChI is InChI=1S/C23H20ClNO2S/c1-15-11-16(2)13-17(12-15)23-25(22(26)14-28-23)19-5-9-21(10-6-19)27-20-7-3-18(24)4-8-20/h3-13,23H,14H2,1-2H3. The van der Waals surface area contributed by atoms with Crippen LogP contribution < -0.4 is 9.64 Å². The highest BCUT2D eigenvalue weighted by Crippen LogP contribution is 2.42. The van der Waals surface area contributed by atoms with Crippen LogP contribution in [0.25, 0.3) is 0 Å². The Balaban J connectivity index is 1.57. The Labute approximate surface area is 174 Å². The molecule has 1 amide bonds. The molecule has 0 aliphatic carbocycles. The van der Waals surface area contributed by atoms with Crippen LogP contribution in [0.4, 0.5) is 5.69 Å². The van der Waals surface area contributed by atoms with E-state index in [4.69, 9.17) is 16.3 Å². The minimum absolute atomic E-state index is 0.00543. The van der Waals surface area contributed by atoms with E-state index in [2.05, 4.69) is 32.0 Å². The lowest BCUT2D eigenvalue weighted by Crippen LogP contribution is -2.27. The first-order chi connectivity index (χ1) is 13.5. The van der Waals surface area contributed by atoms with E-state index in [0.717, 1.165) is 17.0 Å². The molecule has 1 aliphatic heterocycles. The van der Waals surface area contributed by atoms with Gasteiger partial charge in [0, 0.05) is 10.7 Å². The Morgan fingerprint density at radius 2 is 1.50 bits per heavy atom. The second kappa shape index (κ2) is 7.90. The minimum atomic E-state index is -0.00543. The zero-order valence-corrected chi connectivity index (χ0v) is 17.3. The van der Waals surface area contributed by atoms with E-state index in [1.165, 1.54) is 11.1 Å². The maximum atomic E-state index is 12.6. The lowest BCUT2D eigenvalue weighted by atomic mass is 10.1. The highest BCUT2D eigenvalue weighted by molar-refractivity contribution is 8.00.